The van der Waals surface area contributed by atoms with Crippen LogP contribution in [0.3, 0.4) is 0 Å². The molecule has 0 bridgehead atoms. The van der Waals surface area contributed by atoms with Crippen molar-refractivity contribution in [1.82, 2.24) is 0 Å². The van der Waals surface area contributed by atoms with Crippen LogP contribution in [0.4, 0.5) is 10.1 Å². The first-order chi connectivity index (χ1) is 8.94. The molecular weight excluding hydrogens is 360 g/mol. The maximum absolute atomic E-state index is 13.3. The van der Waals surface area contributed by atoms with E-state index in [0.717, 1.165) is 0 Å². The molecule has 12 heteroatoms. The molecule has 0 radical (unpaired) electrons. The highest BCUT2D eigenvalue weighted by Crippen LogP contribution is 2.30. The second-order valence-corrected chi connectivity index (χ2v) is 8.93. The minimum absolute atomic E-state index is 0.372. The quantitative estimate of drug-likeness (QED) is 0.446. The van der Waals surface area contributed by atoms with Gasteiger partial charge in [0.2, 0.25) is 9.05 Å². The summed E-state index contributed by atoms with van der Waals surface area (Å²) in [6.07, 6.45) is 0. The number of halogens is 3. The lowest BCUT2D eigenvalue weighted by atomic mass is 10.3. The number of sulfone groups is 1. The van der Waals surface area contributed by atoms with Crippen molar-refractivity contribution in [3.63, 3.8) is 0 Å². The van der Waals surface area contributed by atoms with Gasteiger partial charge in [0, 0.05) is 22.8 Å². The van der Waals surface area contributed by atoms with Crippen molar-refractivity contribution in [2.24, 2.45) is 0 Å². The molecule has 1 rings (SSSR count). The Bertz CT molecular complexity index is 761. The van der Waals surface area contributed by atoms with Crippen LogP contribution in [0.2, 0.25) is 5.02 Å². The van der Waals surface area contributed by atoms with E-state index in [-0.39, 0.29) is 0 Å². The minimum Gasteiger partial charge on any atom is -0.258 e. The van der Waals surface area contributed by atoms with Crippen LogP contribution in [0, 0.1) is 15.9 Å². The highest BCUT2D eigenvalue weighted by Gasteiger charge is 2.29. The smallest absolute Gasteiger partial charge is 0.258 e. The maximum atomic E-state index is 13.3. The topological polar surface area (TPSA) is 111 Å². The van der Waals surface area contributed by atoms with E-state index in [2.05, 4.69) is 0 Å². The zero-order valence-electron chi connectivity index (χ0n) is 9.42. The molecule has 0 saturated carbocycles. The van der Waals surface area contributed by atoms with Crippen LogP contribution in [0.5, 0.6) is 0 Å². The lowest BCUT2D eigenvalue weighted by Gasteiger charge is -2.05. The van der Waals surface area contributed by atoms with Gasteiger partial charge >= 0.3 is 0 Å². The van der Waals surface area contributed by atoms with Crippen LogP contribution in [0.15, 0.2) is 17.0 Å². The number of nitro groups is 1. The molecule has 20 heavy (non-hydrogen) atoms. The maximum Gasteiger partial charge on any atom is 0.289 e. The van der Waals surface area contributed by atoms with Crippen LogP contribution in [-0.2, 0) is 18.9 Å². The van der Waals surface area contributed by atoms with Gasteiger partial charge < -0.3 is 0 Å². The molecule has 112 valence electrons. The summed E-state index contributed by atoms with van der Waals surface area (Å²) in [5.41, 5.74) is -0.941. The molecule has 0 fully saturated rings. The molecule has 7 nitrogen and oxygen atoms in total. The number of nitro benzene ring substituents is 1. The Labute approximate surface area is 122 Å². The van der Waals surface area contributed by atoms with E-state index in [0.29, 0.717) is 12.1 Å². The average Bonchev–Trinajstić information content (AvgIpc) is 2.28. The highest BCUT2D eigenvalue weighted by atomic mass is 35.7. The van der Waals surface area contributed by atoms with Gasteiger partial charge in [-0.1, -0.05) is 11.6 Å². The first-order valence-electron chi connectivity index (χ1n) is 4.72. The van der Waals surface area contributed by atoms with Crippen LogP contribution in [0.1, 0.15) is 0 Å². The third kappa shape index (κ3) is 4.27. The number of nitrogens with zero attached hydrogens (tertiary/aromatic N) is 1. The van der Waals surface area contributed by atoms with Crippen molar-refractivity contribution < 1.29 is 26.1 Å². The van der Waals surface area contributed by atoms with Crippen molar-refractivity contribution in [3.05, 3.63) is 33.1 Å². The zero-order chi connectivity index (χ0) is 15.7. The monoisotopic (exact) mass is 365 g/mol. The van der Waals surface area contributed by atoms with E-state index in [1.807, 2.05) is 0 Å². The minimum atomic E-state index is -4.41. The normalized spacial score (nSPS) is 12.3. The van der Waals surface area contributed by atoms with Gasteiger partial charge in [0.15, 0.2) is 9.84 Å². The number of rotatable bonds is 5. The molecule has 0 amide bonds. The molecule has 0 atom stereocenters. The third-order valence-electron chi connectivity index (χ3n) is 2.13. The Morgan fingerprint density at radius 1 is 1.20 bits per heavy atom. The Balaban J connectivity index is 3.37. The van der Waals surface area contributed by atoms with Crippen molar-refractivity contribution in [3.8, 4) is 0 Å². The summed E-state index contributed by atoms with van der Waals surface area (Å²) < 4.78 is 58.4. The molecule has 1 aromatic rings. The number of hydrogen-bond donors (Lipinski definition) is 0. The van der Waals surface area contributed by atoms with Crippen LogP contribution in [0.25, 0.3) is 0 Å². The van der Waals surface area contributed by atoms with Crippen LogP contribution < -0.4 is 0 Å². The van der Waals surface area contributed by atoms with Gasteiger partial charge in [0.05, 0.1) is 21.5 Å². The summed E-state index contributed by atoms with van der Waals surface area (Å²) >= 11 is 5.34. The summed E-state index contributed by atoms with van der Waals surface area (Å²) in [5, 5.41) is 10.1. The first-order valence-corrected chi connectivity index (χ1v) is 9.23. The highest BCUT2D eigenvalue weighted by molar-refractivity contribution is 8.14. The summed E-state index contributed by atoms with van der Waals surface area (Å²) in [7, 11) is -3.66. The van der Waals surface area contributed by atoms with Gasteiger partial charge in [-0.05, 0) is 0 Å². The Hall–Kier alpha value is -0.970. The predicted molar refractivity (Wildman–Crippen MR) is 69.8 cm³/mol. The van der Waals surface area contributed by atoms with Gasteiger partial charge in [-0.3, -0.25) is 10.1 Å². The predicted octanol–water partition coefficient (Wildman–Crippen LogP) is 1.73. The van der Waals surface area contributed by atoms with Crippen LogP contribution >= 0.6 is 22.3 Å². The van der Waals surface area contributed by atoms with Gasteiger partial charge in [-0.25, -0.2) is 21.2 Å². The standard InChI is InChI=1S/C8H6Cl2FNO6S2/c9-5-3-7(12(13)14)8(4-6(5)11)19(15,16)1-2-20(10,17)18/h3-4H,1-2H2. The fourth-order valence-corrected chi connectivity index (χ4v) is 4.58. The molecule has 0 saturated heterocycles. The van der Waals surface area contributed by atoms with Gasteiger partial charge in [0.1, 0.15) is 10.7 Å². The van der Waals surface area contributed by atoms with E-state index >= 15 is 0 Å². The van der Waals surface area contributed by atoms with E-state index in [4.69, 9.17) is 22.3 Å². The van der Waals surface area contributed by atoms with E-state index in [9.17, 15) is 31.3 Å². The largest absolute Gasteiger partial charge is 0.289 e. The third-order valence-corrected chi connectivity index (χ3v) is 5.57. The molecule has 0 aliphatic heterocycles. The summed E-state index contributed by atoms with van der Waals surface area (Å²) in [6.45, 7) is 0. The fourth-order valence-electron chi connectivity index (χ4n) is 1.23. The van der Waals surface area contributed by atoms with Crippen molar-refractivity contribution in [2.75, 3.05) is 11.5 Å². The van der Waals surface area contributed by atoms with E-state index < -0.39 is 56.7 Å². The summed E-state index contributed by atoms with van der Waals surface area (Å²) in [5.74, 6) is -3.15. The summed E-state index contributed by atoms with van der Waals surface area (Å²) in [6, 6.07) is 0.912. The van der Waals surface area contributed by atoms with Gasteiger partial charge in [-0.2, -0.15) is 0 Å². The SMILES string of the molecule is O=[N+]([O-])c1cc(Cl)c(F)cc1S(=O)(=O)CCS(=O)(=O)Cl. The Kier molecular flexibility index (Phi) is 4.95. The fraction of sp³-hybridized carbons (Fsp3) is 0.250. The first kappa shape index (κ1) is 17.1. The molecule has 0 N–H and O–H groups in total. The van der Waals surface area contributed by atoms with Gasteiger partial charge in [-0.15, -0.1) is 0 Å². The second kappa shape index (κ2) is 5.80. The molecule has 0 unspecified atom stereocenters. The molecule has 0 aliphatic rings. The second-order valence-electron chi connectivity index (χ2n) is 3.55. The lowest BCUT2D eigenvalue weighted by molar-refractivity contribution is -0.387. The average molecular weight is 366 g/mol. The Morgan fingerprint density at radius 2 is 1.75 bits per heavy atom. The Morgan fingerprint density at radius 3 is 2.20 bits per heavy atom. The van der Waals surface area contributed by atoms with Crippen LogP contribution in [-0.4, -0.2) is 33.3 Å². The molecule has 0 spiro atoms. The molecule has 0 heterocycles. The van der Waals surface area contributed by atoms with Crippen molar-refractivity contribution in [1.29, 1.82) is 0 Å². The zero-order valence-corrected chi connectivity index (χ0v) is 12.6. The molecule has 0 aliphatic carbocycles. The van der Waals surface area contributed by atoms with Gasteiger partial charge in [0.25, 0.3) is 5.69 Å². The molecule has 1 aromatic carbocycles. The van der Waals surface area contributed by atoms with Crippen molar-refractivity contribution in [2.45, 2.75) is 4.90 Å². The molecule has 0 aromatic heterocycles. The van der Waals surface area contributed by atoms with Crippen molar-refractivity contribution >= 4 is 46.9 Å². The molecular formula is C8H6Cl2FNO6S2. The number of benzene rings is 1. The number of hydrogen-bond acceptors (Lipinski definition) is 6. The summed E-state index contributed by atoms with van der Waals surface area (Å²) in [4.78, 5) is 8.73. The lowest BCUT2D eigenvalue weighted by Crippen LogP contribution is -2.16. The van der Waals surface area contributed by atoms with E-state index in [1.54, 1.807) is 0 Å². The van der Waals surface area contributed by atoms with E-state index in [1.165, 1.54) is 0 Å².